The highest BCUT2D eigenvalue weighted by Gasteiger charge is 2.25. The van der Waals surface area contributed by atoms with Crippen LogP contribution in [0.3, 0.4) is 0 Å². The van der Waals surface area contributed by atoms with Crippen molar-refractivity contribution in [3.8, 4) is 0 Å². The van der Waals surface area contributed by atoms with Crippen LogP contribution >= 0.6 is 47.1 Å². The highest BCUT2D eigenvalue weighted by molar-refractivity contribution is 14.0. The van der Waals surface area contributed by atoms with Crippen molar-refractivity contribution in [2.24, 2.45) is 10.9 Å². The zero-order chi connectivity index (χ0) is 17.5. The fraction of sp³-hybridized carbons (Fsp3) is 0.737. The third-order valence-electron chi connectivity index (χ3n) is 5.40. The van der Waals surface area contributed by atoms with Gasteiger partial charge in [-0.1, -0.05) is 6.07 Å². The lowest BCUT2D eigenvalue weighted by Crippen LogP contribution is -2.46. The Labute approximate surface area is 184 Å². The molecule has 26 heavy (non-hydrogen) atoms. The number of guanidine groups is 1. The Morgan fingerprint density at radius 1 is 1.38 bits per heavy atom. The van der Waals surface area contributed by atoms with E-state index in [0.29, 0.717) is 6.04 Å². The van der Waals surface area contributed by atoms with Crippen molar-refractivity contribution in [2.45, 2.75) is 49.9 Å². The van der Waals surface area contributed by atoms with E-state index >= 15 is 0 Å². The molecule has 1 aliphatic carbocycles. The third-order valence-corrected chi connectivity index (χ3v) is 7.36. The number of piperidine rings is 1. The molecule has 0 amide bonds. The molecule has 4 nitrogen and oxygen atoms in total. The number of hydrogen-bond acceptors (Lipinski definition) is 4. The molecule has 3 rings (SSSR count). The van der Waals surface area contributed by atoms with Gasteiger partial charge in [0.2, 0.25) is 0 Å². The summed E-state index contributed by atoms with van der Waals surface area (Å²) in [6, 6.07) is 5.00. The fourth-order valence-electron chi connectivity index (χ4n) is 4.00. The summed E-state index contributed by atoms with van der Waals surface area (Å²) in [5.74, 6) is 1.71. The van der Waals surface area contributed by atoms with Crippen LogP contribution in [0.5, 0.6) is 0 Å². The van der Waals surface area contributed by atoms with E-state index in [1.54, 1.807) is 0 Å². The van der Waals surface area contributed by atoms with Gasteiger partial charge in [0.05, 0.1) is 0 Å². The highest BCUT2D eigenvalue weighted by Crippen LogP contribution is 2.28. The van der Waals surface area contributed by atoms with Gasteiger partial charge in [0.25, 0.3) is 0 Å². The molecule has 1 aromatic rings. The van der Waals surface area contributed by atoms with E-state index in [-0.39, 0.29) is 24.0 Å². The molecular weight excluding hydrogens is 475 g/mol. The van der Waals surface area contributed by atoms with Crippen LogP contribution in [-0.2, 0) is 6.54 Å². The second-order valence-electron chi connectivity index (χ2n) is 7.29. The molecule has 1 aromatic heterocycles. The summed E-state index contributed by atoms with van der Waals surface area (Å²) in [5, 5.41) is 10.2. The van der Waals surface area contributed by atoms with Gasteiger partial charge in [0.1, 0.15) is 0 Å². The molecular formula is C19H33IN4S2. The first kappa shape index (κ1) is 22.3. The second-order valence-corrected chi connectivity index (χ2v) is 9.46. The number of aliphatic imine (C=N–C) groups is 1. The smallest absolute Gasteiger partial charge is 0.191 e. The molecule has 3 unspecified atom stereocenters. The summed E-state index contributed by atoms with van der Waals surface area (Å²) in [6.07, 6.45) is 8.72. The largest absolute Gasteiger partial charge is 0.356 e. The van der Waals surface area contributed by atoms with Crippen molar-refractivity contribution in [1.29, 1.82) is 0 Å². The monoisotopic (exact) mass is 508 g/mol. The summed E-state index contributed by atoms with van der Waals surface area (Å²) in [6.45, 7) is 4.57. The lowest BCUT2D eigenvalue weighted by molar-refractivity contribution is 0.169. The van der Waals surface area contributed by atoms with E-state index in [1.807, 2.05) is 30.1 Å². The SMILES string of the molecule is CN=C(NCC1CCCN(Cc2cccs2)C1)NC1CCC(SC)C1.I. The first-order valence-electron chi connectivity index (χ1n) is 9.51. The van der Waals surface area contributed by atoms with Gasteiger partial charge in [0, 0.05) is 42.9 Å². The molecule has 0 aromatic carbocycles. The molecule has 0 spiro atoms. The Morgan fingerprint density at radius 2 is 2.27 bits per heavy atom. The van der Waals surface area contributed by atoms with Crippen molar-refractivity contribution in [1.82, 2.24) is 15.5 Å². The van der Waals surface area contributed by atoms with Gasteiger partial charge in [-0.15, -0.1) is 35.3 Å². The fourth-order valence-corrected chi connectivity index (χ4v) is 5.54. The molecule has 148 valence electrons. The van der Waals surface area contributed by atoms with Gasteiger partial charge >= 0.3 is 0 Å². The normalized spacial score (nSPS) is 27.2. The molecule has 2 N–H and O–H groups in total. The molecule has 2 heterocycles. The molecule has 1 saturated carbocycles. The number of nitrogens with zero attached hydrogens (tertiary/aromatic N) is 2. The van der Waals surface area contributed by atoms with Crippen LogP contribution in [0, 0.1) is 5.92 Å². The van der Waals surface area contributed by atoms with Crippen LogP contribution in [0.1, 0.15) is 37.0 Å². The number of rotatable bonds is 6. The third kappa shape index (κ3) is 6.87. The molecule has 2 aliphatic rings. The summed E-state index contributed by atoms with van der Waals surface area (Å²) < 4.78 is 0. The number of likely N-dealkylation sites (tertiary alicyclic amines) is 1. The van der Waals surface area contributed by atoms with E-state index in [2.05, 4.69) is 44.3 Å². The Kier molecular flexibility index (Phi) is 10.1. The molecule has 0 radical (unpaired) electrons. The minimum absolute atomic E-state index is 0. The number of hydrogen-bond donors (Lipinski definition) is 2. The van der Waals surface area contributed by atoms with E-state index in [0.717, 1.165) is 30.2 Å². The van der Waals surface area contributed by atoms with Crippen LogP contribution in [0.4, 0.5) is 0 Å². The van der Waals surface area contributed by atoms with Crippen LogP contribution < -0.4 is 10.6 Å². The number of thiophene rings is 1. The lowest BCUT2D eigenvalue weighted by atomic mass is 9.98. The first-order chi connectivity index (χ1) is 12.3. The molecule has 3 atom stereocenters. The van der Waals surface area contributed by atoms with Gasteiger partial charge in [0.15, 0.2) is 5.96 Å². The van der Waals surface area contributed by atoms with Crippen molar-refractivity contribution in [3.05, 3.63) is 22.4 Å². The average molecular weight is 509 g/mol. The Bertz CT molecular complexity index is 538. The Hall–Kier alpha value is 0.01000. The van der Waals surface area contributed by atoms with E-state index in [9.17, 15) is 0 Å². The van der Waals surface area contributed by atoms with E-state index in [4.69, 9.17) is 0 Å². The van der Waals surface area contributed by atoms with Crippen LogP contribution in [-0.4, -0.2) is 55.1 Å². The predicted octanol–water partition coefficient (Wildman–Crippen LogP) is 4.03. The summed E-state index contributed by atoms with van der Waals surface area (Å²) >= 11 is 3.87. The molecule has 0 bridgehead atoms. The minimum atomic E-state index is 0. The lowest BCUT2D eigenvalue weighted by Gasteiger charge is -2.33. The summed E-state index contributed by atoms with van der Waals surface area (Å²) in [4.78, 5) is 8.53. The standard InChI is InChI=1S/C19H32N4S2.HI/c1-20-19(22-16-7-8-17(11-16)24-2)21-12-15-5-3-9-23(13-15)14-18-6-4-10-25-18;/h4,6,10,15-17H,3,5,7-9,11-14H2,1-2H3,(H2,20,21,22);1H. The van der Waals surface area contributed by atoms with Crippen LogP contribution in [0.15, 0.2) is 22.5 Å². The number of halogens is 1. The van der Waals surface area contributed by atoms with Gasteiger partial charge in [-0.3, -0.25) is 9.89 Å². The van der Waals surface area contributed by atoms with Gasteiger partial charge in [-0.25, -0.2) is 0 Å². The average Bonchev–Trinajstić information content (AvgIpc) is 3.30. The number of nitrogens with one attached hydrogen (secondary N) is 2. The molecule has 1 saturated heterocycles. The Balaban J connectivity index is 0.00000243. The second kappa shape index (κ2) is 11.8. The van der Waals surface area contributed by atoms with Crippen LogP contribution in [0.2, 0.25) is 0 Å². The highest BCUT2D eigenvalue weighted by atomic mass is 127. The van der Waals surface area contributed by atoms with Crippen molar-refractivity contribution >= 4 is 53.0 Å². The zero-order valence-corrected chi connectivity index (χ0v) is 19.9. The van der Waals surface area contributed by atoms with E-state index < -0.39 is 0 Å². The number of thioether (sulfide) groups is 1. The predicted molar refractivity (Wildman–Crippen MR) is 127 cm³/mol. The van der Waals surface area contributed by atoms with Crippen molar-refractivity contribution in [2.75, 3.05) is 32.9 Å². The zero-order valence-electron chi connectivity index (χ0n) is 15.9. The quantitative estimate of drug-likeness (QED) is 0.346. The molecule has 1 aliphatic heterocycles. The first-order valence-corrected chi connectivity index (χ1v) is 11.7. The van der Waals surface area contributed by atoms with Gasteiger partial charge in [-0.05, 0) is 62.3 Å². The van der Waals surface area contributed by atoms with Gasteiger partial charge in [-0.2, -0.15) is 11.8 Å². The topological polar surface area (TPSA) is 39.7 Å². The van der Waals surface area contributed by atoms with Crippen LogP contribution in [0.25, 0.3) is 0 Å². The van der Waals surface area contributed by atoms with Gasteiger partial charge < -0.3 is 10.6 Å². The molecule has 2 fully saturated rings. The molecule has 7 heteroatoms. The van der Waals surface area contributed by atoms with Crippen molar-refractivity contribution in [3.63, 3.8) is 0 Å². The maximum atomic E-state index is 4.44. The Morgan fingerprint density at radius 3 is 2.96 bits per heavy atom. The maximum Gasteiger partial charge on any atom is 0.191 e. The maximum absolute atomic E-state index is 4.44. The van der Waals surface area contributed by atoms with E-state index in [1.165, 1.54) is 50.1 Å². The minimum Gasteiger partial charge on any atom is -0.356 e. The summed E-state index contributed by atoms with van der Waals surface area (Å²) in [7, 11) is 1.89. The van der Waals surface area contributed by atoms with Crippen molar-refractivity contribution < 1.29 is 0 Å². The summed E-state index contributed by atoms with van der Waals surface area (Å²) in [5.41, 5.74) is 0.